The fraction of sp³-hybridized carbons (Fsp3) is 0.897. The molecule has 0 spiro atoms. The summed E-state index contributed by atoms with van der Waals surface area (Å²) in [5.74, 6) is -3.22. The smallest absolute Gasteiger partial charge is 0.210 e. The summed E-state index contributed by atoms with van der Waals surface area (Å²) < 4.78 is 0. The fourth-order valence-electron chi connectivity index (χ4n) is 4.63. The van der Waals surface area contributed by atoms with Gasteiger partial charge >= 0.3 is 0 Å². The van der Waals surface area contributed by atoms with Gasteiger partial charge in [-0.2, -0.15) is 0 Å². The van der Waals surface area contributed by atoms with Gasteiger partial charge in [-0.05, 0) is 25.2 Å². The highest BCUT2D eigenvalue weighted by Crippen LogP contribution is 2.29. The van der Waals surface area contributed by atoms with Crippen LogP contribution in [0.2, 0.25) is 0 Å². The van der Waals surface area contributed by atoms with Gasteiger partial charge in [-0.25, -0.2) is 0 Å². The summed E-state index contributed by atoms with van der Waals surface area (Å²) in [6.45, 7) is 11.6. The Kier molecular flexibility index (Phi) is 17.6. The van der Waals surface area contributed by atoms with Crippen LogP contribution in [0.25, 0.3) is 0 Å². The molecule has 0 aliphatic heterocycles. The van der Waals surface area contributed by atoms with E-state index in [9.17, 15) is 29.7 Å². The van der Waals surface area contributed by atoms with E-state index in [-0.39, 0.29) is 12.3 Å². The number of rotatable bonds is 22. The number of Topliss-reactive ketones (excluding diaryl/α,β-unsaturated/α-hetero) is 3. The molecule has 0 amide bonds. The lowest BCUT2D eigenvalue weighted by Gasteiger charge is -2.35. The predicted octanol–water partition coefficient (Wildman–Crippen LogP) is 5.58. The molecule has 6 nitrogen and oxygen atoms in total. The lowest BCUT2D eigenvalue weighted by Crippen LogP contribution is -2.63. The zero-order chi connectivity index (χ0) is 27.0. The molecular weight excluding hydrogens is 444 g/mol. The summed E-state index contributed by atoms with van der Waals surface area (Å²) in [7, 11) is 0. The maximum atomic E-state index is 13.4. The highest BCUT2D eigenvalue weighted by Gasteiger charge is 2.54. The molecule has 0 aliphatic rings. The highest BCUT2D eigenvalue weighted by atomic mass is 16.4. The second-order valence-electron chi connectivity index (χ2n) is 10.8. The lowest BCUT2D eigenvalue weighted by atomic mass is 9.75. The van der Waals surface area contributed by atoms with Crippen molar-refractivity contribution in [3.05, 3.63) is 0 Å². The second-order valence-corrected chi connectivity index (χ2v) is 10.8. The van der Waals surface area contributed by atoms with Crippen LogP contribution in [0, 0.1) is 17.8 Å². The average Bonchev–Trinajstić information content (AvgIpc) is 2.85. The molecule has 0 rings (SSSR count). The van der Waals surface area contributed by atoms with Crippen LogP contribution in [-0.2, 0) is 14.4 Å². The molecular formula is C29H54O6. The molecule has 0 bridgehead atoms. The molecule has 206 valence electrons. The number of aliphatic hydroxyl groups excluding tert-OH is 2. The van der Waals surface area contributed by atoms with E-state index in [2.05, 4.69) is 13.8 Å². The summed E-state index contributed by atoms with van der Waals surface area (Å²) in [5.41, 5.74) is -2.78. The van der Waals surface area contributed by atoms with E-state index in [0.29, 0.717) is 19.3 Å². The minimum absolute atomic E-state index is 0.0821. The number of carbonyl (C=O) groups is 3. The molecule has 6 atom stereocenters. The van der Waals surface area contributed by atoms with Crippen LogP contribution in [0.5, 0.6) is 0 Å². The van der Waals surface area contributed by atoms with Crippen LogP contribution in [0.15, 0.2) is 0 Å². The monoisotopic (exact) mass is 498 g/mol. The fourth-order valence-corrected chi connectivity index (χ4v) is 4.63. The average molecular weight is 499 g/mol. The number of carbonyl (C=O) groups excluding carboxylic acids is 3. The van der Waals surface area contributed by atoms with Crippen molar-refractivity contribution >= 4 is 17.3 Å². The zero-order valence-corrected chi connectivity index (χ0v) is 23.4. The predicted molar refractivity (Wildman–Crippen MR) is 141 cm³/mol. The Bertz CT molecular complexity index is 618. The van der Waals surface area contributed by atoms with Crippen molar-refractivity contribution < 1.29 is 29.7 Å². The molecule has 6 unspecified atom stereocenters. The first-order valence-electron chi connectivity index (χ1n) is 14.2. The van der Waals surface area contributed by atoms with Crippen LogP contribution >= 0.6 is 0 Å². The van der Waals surface area contributed by atoms with Gasteiger partial charge in [0.25, 0.3) is 0 Å². The van der Waals surface area contributed by atoms with Crippen molar-refractivity contribution in [3.8, 4) is 0 Å². The molecule has 35 heavy (non-hydrogen) atoms. The maximum absolute atomic E-state index is 13.4. The van der Waals surface area contributed by atoms with Crippen LogP contribution in [-0.4, -0.2) is 50.5 Å². The number of unbranched alkanes of at least 4 members (excludes halogenated alkanes) is 6. The van der Waals surface area contributed by atoms with Crippen molar-refractivity contribution in [3.63, 3.8) is 0 Å². The van der Waals surface area contributed by atoms with Gasteiger partial charge in [0, 0.05) is 18.3 Å². The van der Waals surface area contributed by atoms with Crippen molar-refractivity contribution in [2.24, 2.45) is 17.8 Å². The first-order chi connectivity index (χ1) is 16.5. The quantitative estimate of drug-likeness (QED) is 0.133. The Morgan fingerprint density at radius 2 is 1.14 bits per heavy atom. The number of aliphatic hydroxyl groups is 3. The molecule has 3 N–H and O–H groups in total. The van der Waals surface area contributed by atoms with Gasteiger partial charge in [-0.15, -0.1) is 0 Å². The van der Waals surface area contributed by atoms with Gasteiger partial charge in [0.1, 0.15) is 12.2 Å². The van der Waals surface area contributed by atoms with E-state index in [4.69, 9.17) is 0 Å². The SMILES string of the molecule is CCCCCC(C)CCC(=O)C(O)(C(=O)C(C)CCCCC)C(O)C(O)C(=O)C(C)CCCCC. The summed E-state index contributed by atoms with van der Waals surface area (Å²) in [6.07, 6.45) is 6.83. The maximum Gasteiger partial charge on any atom is 0.210 e. The summed E-state index contributed by atoms with van der Waals surface area (Å²) in [6, 6.07) is 0. The third-order valence-corrected chi connectivity index (χ3v) is 7.40. The number of hydrogen-bond acceptors (Lipinski definition) is 6. The molecule has 0 saturated carbocycles. The van der Waals surface area contributed by atoms with Crippen molar-refractivity contribution in [2.75, 3.05) is 0 Å². The van der Waals surface area contributed by atoms with E-state index in [0.717, 1.165) is 64.2 Å². The molecule has 0 aliphatic carbocycles. The Balaban J connectivity index is 5.65. The van der Waals surface area contributed by atoms with Gasteiger partial charge in [0.15, 0.2) is 17.3 Å². The first-order valence-corrected chi connectivity index (χ1v) is 14.2. The molecule has 0 aromatic rings. The van der Waals surface area contributed by atoms with Crippen LogP contribution < -0.4 is 0 Å². The van der Waals surface area contributed by atoms with Crippen LogP contribution in [0.1, 0.15) is 131 Å². The number of ketones is 3. The van der Waals surface area contributed by atoms with Crippen molar-refractivity contribution in [2.45, 2.75) is 149 Å². The van der Waals surface area contributed by atoms with Gasteiger partial charge in [0.2, 0.25) is 5.60 Å². The van der Waals surface area contributed by atoms with E-state index < -0.39 is 47.0 Å². The third kappa shape index (κ3) is 11.2. The van der Waals surface area contributed by atoms with Gasteiger partial charge < -0.3 is 15.3 Å². The molecule has 0 fully saturated rings. The molecule has 0 heterocycles. The van der Waals surface area contributed by atoms with Gasteiger partial charge in [-0.3, -0.25) is 14.4 Å². The Labute approximate surface area is 214 Å². The standard InChI is InChI=1S/C29H54O6/c1-7-10-13-16-21(4)19-20-24(30)29(35,27(33)23(6)18-15-12-9-3)28(34)26(32)25(31)22(5)17-14-11-8-2/h21-23,26,28,32,34-35H,7-20H2,1-6H3. The van der Waals surface area contributed by atoms with E-state index >= 15 is 0 Å². The molecule has 6 heteroatoms. The second kappa shape index (κ2) is 18.2. The Morgan fingerprint density at radius 3 is 1.63 bits per heavy atom. The Hall–Kier alpha value is -1.11. The summed E-state index contributed by atoms with van der Waals surface area (Å²) in [4.78, 5) is 39.4. The third-order valence-electron chi connectivity index (χ3n) is 7.40. The van der Waals surface area contributed by atoms with Crippen LogP contribution in [0.4, 0.5) is 0 Å². The zero-order valence-electron chi connectivity index (χ0n) is 23.4. The molecule has 0 saturated heterocycles. The first kappa shape index (κ1) is 33.9. The highest BCUT2D eigenvalue weighted by molar-refractivity contribution is 6.12. The Morgan fingerprint density at radius 1 is 0.686 bits per heavy atom. The van der Waals surface area contributed by atoms with Crippen LogP contribution in [0.3, 0.4) is 0 Å². The van der Waals surface area contributed by atoms with E-state index in [1.54, 1.807) is 13.8 Å². The minimum atomic E-state index is -2.78. The summed E-state index contributed by atoms with van der Waals surface area (Å²) in [5, 5.41) is 33.1. The largest absolute Gasteiger partial charge is 0.386 e. The molecule has 0 aromatic heterocycles. The van der Waals surface area contributed by atoms with Gasteiger partial charge in [0.05, 0.1) is 0 Å². The molecule has 0 aromatic carbocycles. The van der Waals surface area contributed by atoms with E-state index in [1.807, 2.05) is 13.8 Å². The lowest BCUT2D eigenvalue weighted by molar-refractivity contribution is -0.177. The normalized spacial score (nSPS) is 17.7. The van der Waals surface area contributed by atoms with Crippen molar-refractivity contribution in [1.29, 1.82) is 0 Å². The minimum Gasteiger partial charge on any atom is -0.386 e. The number of hydrogen-bond donors (Lipinski definition) is 3. The summed E-state index contributed by atoms with van der Waals surface area (Å²) >= 11 is 0. The van der Waals surface area contributed by atoms with Crippen molar-refractivity contribution in [1.82, 2.24) is 0 Å². The topological polar surface area (TPSA) is 112 Å². The molecule has 0 radical (unpaired) electrons. The van der Waals surface area contributed by atoms with E-state index in [1.165, 1.54) is 0 Å². The van der Waals surface area contributed by atoms with Gasteiger partial charge in [-0.1, -0.05) is 106 Å².